The summed E-state index contributed by atoms with van der Waals surface area (Å²) in [6.45, 7) is 6.11. The van der Waals surface area contributed by atoms with Gasteiger partial charge >= 0.3 is 0 Å². The van der Waals surface area contributed by atoms with Crippen molar-refractivity contribution in [1.82, 2.24) is 20.0 Å². The molecule has 0 fully saturated rings. The molecule has 0 amide bonds. The van der Waals surface area contributed by atoms with Crippen LogP contribution in [0.25, 0.3) is 5.65 Å². The predicted octanol–water partition coefficient (Wildman–Crippen LogP) is 3.70. The van der Waals surface area contributed by atoms with Crippen LogP contribution in [0.2, 0.25) is 0 Å². The maximum Gasteiger partial charge on any atom is 0.191 e. The summed E-state index contributed by atoms with van der Waals surface area (Å²) >= 11 is 0. The smallest absolute Gasteiger partial charge is 0.191 e. The number of aliphatic imine (C=N–C) groups is 1. The Balaban J connectivity index is 0.00000261. The molecule has 0 aliphatic rings. The maximum absolute atomic E-state index is 13.0. The third kappa shape index (κ3) is 5.92. The highest BCUT2D eigenvalue weighted by Gasteiger charge is 2.04. The van der Waals surface area contributed by atoms with Crippen molar-refractivity contribution >= 4 is 35.6 Å². The molecule has 3 aromatic rings. The van der Waals surface area contributed by atoms with E-state index < -0.39 is 0 Å². The molecule has 2 N–H and O–H groups in total. The van der Waals surface area contributed by atoms with Crippen LogP contribution in [0.15, 0.2) is 53.8 Å². The number of benzene rings is 1. The molecule has 7 heteroatoms. The van der Waals surface area contributed by atoms with Gasteiger partial charge < -0.3 is 15.0 Å². The molecule has 1 aromatic carbocycles. The molecule has 2 heterocycles. The molecule has 0 aliphatic heterocycles. The zero-order valence-corrected chi connectivity index (χ0v) is 17.9. The molecule has 2 aromatic heterocycles. The maximum atomic E-state index is 13.0. The largest absolute Gasteiger partial charge is 0.357 e. The highest BCUT2D eigenvalue weighted by molar-refractivity contribution is 14.0. The van der Waals surface area contributed by atoms with Gasteiger partial charge in [0.15, 0.2) is 5.96 Å². The zero-order valence-electron chi connectivity index (χ0n) is 15.6. The van der Waals surface area contributed by atoms with Gasteiger partial charge in [-0.2, -0.15) is 0 Å². The monoisotopic (exact) mass is 481 g/mol. The number of nitrogens with zero attached hydrogens (tertiary/aromatic N) is 3. The second-order valence-electron chi connectivity index (χ2n) is 6.15. The number of guanidine groups is 1. The summed E-state index contributed by atoms with van der Waals surface area (Å²) in [5, 5.41) is 6.55. The van der Waals surface area contributed by atoms with Gasteiger partial charge in [0.05, 0.1) is 12.2 Å². The van der Waals surface area contributed by atoms with Crippen LogP contribution in [0, 0.1) is 12.7 Å². The highest BCUT2D eigenvalue weighted by atomic mass is 127. The standard InChI is InChI=1S/C20H24FN5.HI/c1-3-22-20(24-13-16-6-8-17(21)9-7-16)23-11-10-18-14-26-12-4-5-15(2)19(26)25-18;/h4-9,12,14H,3,10-11,13H2,1-2H3,(H2,22,23,24);1H. The Morgan fingerprint density at radius 2 is 1.96 bits per heavy atom. The van der Waals surface area contributed by atoms with Gasteiger partial charge in [0.2, 0.25) is 0 Å². The molecule has 0 bridgehead atoms. The molecular weight excluding hydrogens is 456 g/mol. The summed E-state index contributed by atoms with van der Waals surface area (Å²) in [7, 11) is 0. The molecule has 5 nitrogen and oxygen atoms in total. The first-order valence-electron chi connectivity index (χ1n) is 8.85. The number of rotatable bonds is 6. The lowest BCUT2D eigenvalue weighted by molar-refractivity contribution is 0.627. The third-order valence-electron chi connectivity index (χ3n) is 4.08. The summed E-state index contributed by atoms with van der Waals surface area (Å²) in [5.41, 5.74) is 4.18. The molecular formula is C20H25FIN5. The number of aryl methyl sites for hydroxylation is 1. The fourth-order valence-electron chi connectivity index (χ4n) is 2.74. The fraction of sp³-hybridized carbons (Fsp3) is 0.300. The van der Waals surface area contributed by atoms with Gasteiger partial charge in [-0.15, -0.1) is 24.0 Å². The Hall–Kier alpha value is -2.16. The molecule has 3 rings (SSSR count). The average Bonchev–Trinajstić information content (AvgIpc) is 3.05. The SMILES string of the molecule is CCNC(=NCc1ccc(F)cc1)NCCc1cn2cccc(C)c2n1.I. The molecule has 0 spiro atoms. The van der Waals surface area contributed by atoms with Crippen LogP contribution < -0.4 is 10.6 Å². The summed E-state index contributed by atoms with van der Waals surface area (Å²) in [6.07, 6.45) is 4.88. The first-order chi connectivity index (χ1) is 12.7. The van der Waals surface area contributed by atoms with E-state index in [4.69, 9.17) is 0 Å². The molecule has 0 unspecified atom stereocenters. The Bertz CT molecular complexity index is 889. The van der Waals surface area contributed by atoms with Crippen molar-refractivity contribution in [2.75, 3.05) is 13.1 Å². The van der Waals surface area contributed by atoms with Crippen molar-refractivity contribution in [3.63, 3.8) is 0 Å². The number of halogens is 2. The van der Waals surface area contributed by atoms with E-state index in [1.165, 1.54) is 17.7 Å². The molecule has 27 heavy (non-hydrogen) atoms. The average molecular weight is 481 g/mol. The zero-order chi connectivity index (χ0) is 18.4. The van der Waals surface area contributed by atoms with Crippen LogP contribution in [0.4, 0.5) is 4.39 Å². The van der Waals surface area contributed by atoms with Crippen molar-refractivity contribution in [2.24, 2.45) is 4.99 Å². The minimum atomic E-state index is -0.231. The van der Waals surface area contributed by atoms with Crippen LogP contribution in [0.1, 0.15) is 23.7 Å². The number of imidazole rings is 1. The summed E-state index contributed by atoms with van der Waals surface area (Å²) < 4.78 is 15.0. The highest BCUT2D eigenvalue weighted by Crippen LogP contribution is 2.10. The van der Waals surface area contributed by atoms with Crippen molar-refractivity contribution < 1.29 is 4.39 Å². The van der Waals surface area contributed by atoms with Gasteiger partial charge in [0.25, 0.3) is 0 Å². The number of hydrogen-bond donors (Lipinski definition) is 2. The number of fused-ring (bicyclic) bond motifs is 1. The Morgan fingerprint density at radius 3 is 2.67 bits per heavy atom. The van der Waals surface area contributed by atoms with Crippen LogP contribution in [-0.4, -0.2) is 28.4 Å². The molecule has 0 radical (unpaired) electrons. The second kappa shape index (κ2) is 10.2. The van der Waals surface area contributed by atoms with Crippen LogP contribution in [0.5, 0.6) is 0 Å². The Kier molecular flexibility index (Phi) is 8.02. The van der Waals surface area contributed by atoms with Gasteiger partial charge in [-0.05, 0) is 43.2 Å². The Labute approximate surface area is 176 Å². The minimum Gasteiger partial charge on any atom is -0.357 e. The van der Waals surface area contributed by atoms with Gasteiger partial charge in [-0.1, -0.05) is 18.2 Å². The fourth-order valence-corrected chi connectivity index (χ4v) is 2.74. The lowest BCUT2D eigenvalue weighted by Crippen LogP contribution is -2.38. The molecule has 144 valence electrons. The topological polar surface area (TPSA) is 53.7 Å². The lowest BCUT2D eigenvalue weighted by atomic mass is 10.2. The third-order valence-corrected chi connectivity index (χ3v) is 4.08. The molecule has 0 aliphatic carbocycles. The first kappa shape index (κ1) is 21.1. The molecule has 0 atom stereocenters. The number of aromatic nitrogens is 2. The van der Waals surface area contributed by atoms with Crippen LogP contribution >= 0.6 is 24.0 Å². The van der Waals surface area contributed by atoms with E-state index in [1.54, 1.807) is 12.1 Å². The van der Waals surface area contributed by atoms with Crippen molar-refractivity contribution in [3.05, 3.63) is 71.4 Å². The summed E-state index contributed by atoms with van der Waals surface area (Å²) in [6, 6.07) is 10.5. The number of pyridine rings is 1. The second-order valence-corrected chi connectivity index (χ2v) is 6.15. The first-order valence-corrected chi connectivity index (χ1v) is 8.85. The normalized spacial score (nSPS) is 11.3. The van der Waals surface area contributed by atoms with E-state index >= 15 is 0 Å². The quantitative estimate of drug-likeness (QED) is 0.321. The van der Waals surface area contributed by atoms with E-state index in [2.05, 4.69) is 44.2 Å². The van der Waals surface area contributed by atoms with Gasteiger partial charge in [0, 0.05) is 31.9 Å². The Morgan fingerprint density at radius 1 is 1.19 bits per heavy atom. The van der Waals surface area contributed by atoms with E-state index in [-0.39, 0.29) is 29.8 Å². The van der Waals surface area contributed by atoms with E-state index in [1.807, 2.05) is 19.2 Å². The predicted molar refractivity (Wildman–Crippen MR) is 118 cm³/mol. The minimum absolute atomic E-state index is 0. The number of nitrogens with one attached hydrogen (secondary N) is 2. The van der Waals surface area contributed by atoms with Gasteiger partial charge in [-0.3, -0.25) is 0 Å². The summed E-state index contributed by atoms with van der Waals surface area (Å²) in [4.78, 5) is 9.23. The lowest BCUT2D eigenvalue weighted by Gasteiger charge is -2.10. The molecule has 0 saturated carbocycles. The van der Waals surface area contributed by atoms with E-state index in [9.17, 15) is 4.39 Å². The van der Waals surface area contributed by atoms with E-state index in [0.717, 1.165) is 42.4 Å². The van der Waals surface area contributed by atoms with Gasteiger partial charge in [-0.25, -0.2) is 14.4 Å². The van der Waals surface area contributed by atoms with Crippen molar-refractivity contribution in [2.45, 2.75) is 26.8 Å². The van der Waals surface area contributed by atoms with E-state index in [0.29, 0.717) is 6.54 Å². The van der Waals surface area contributed by atoms with Crippen LogP contribution in [-0.2, 0) is 13.0 Å². The van der Waals surface area contributed by atoms with Crippen molar-refractivity contribution in [1.29, 1.82) is 0 Å². The van der Waals surface area contributed by atoms with Crippen LogP contribution in [0.3, 0.4) is 0 Å². The summed E-state index contributed by atoms with van der Waals surface area (Å²) in [5.74, 6) is 0.516. The van der Waals surface area contributed by atoms with Gasteiger partial charge in [0.1, 0.15) is 11.5 Å². The number of hydrogen-bond acceptors (Lipinski definition) is 2. The van der Waals surface area contributed by atoms with Crippen molar-refractivity contribution in [3.8, 4) is 0 Å². The molecule has 0 saturated heterocycles.